The van der Waals surface area contributed by atoms with E-state index in [0.29, 0.717) is 0 Å². The lowest BCUT2D eigenvalue weighted by atomic mass is 10.2. The fourth-order valence-corrected chi connectivity index (χ4v) is 2.79. The molecule has 1 fully saturated rings. The quantitative estimate of drug-likeness (QED) is 0.793. The van der Waals surface area contributed by atoms with E-state index in [9.17, 15) is 4.79 Å². The minimum absolute atomic E-state index is 0.747. The first kappa shape index (κ1) is 13.3. The van der Waals surface area contributed by atoms with Gasteiger partial charge in [-0.25, -0.2) is 0 Å². The molecular formula is C16H21N3O. The Morgan fingerprint density at radius 1 is 1.10 bits per heavy atom. The van der Waals surface area contributed by atoms with Crippen molar-refractivity contribution in [2.45, 2.75) is 6.54 Å². The molecule has 0 radical (unpaired) electrons. The summed E-state index contributed by atoms with van der Waals surface area (Å²) in [6.45, 7) is 6.66. The minimum Gasteiger partial charge on any atom is -0.346 e. The third-order valence-electron chi connectivity index (χ3n) is 4.19. The van der Waals surface area contributed by atoms with E-state index in [4.69, 9.17) is 0 Å². The fraction of sp³-hybridized carbons (Fsp3) is 0.438. The Bertz CT molecular complexity index is 597. The summed E-state index contributed by atoms with van der Waals surface area (Å²) in [7, 11) is 2.18. The molecule has 4 nitrogen and oxygen atoms in total. The third-order valence-corrected chi connectivity index (χ3v) is 4.19. The lowest BCUT2D eigenvalue weighted by Gasteiger charge is -2.32. The van der Waals surface area contributed by atoms with Gasteiger partial charge in [0.15, 0.2) is 0 Å². The van der Waals surface area contributed by atoms with Gasteiger partial charge in [-0.3, -0.25) is 9.69 Å². The SMILES string of the molecule is CN1CCN(CCn2ccc3ccc(C=O)cc32)CC1. The Morgan fingerprint density at radius 2 is 1.90 bits per heavy atom. The van der Waals surface area contributed by atoms with E-state index in [2.05, 4.69) is 33.7 Å². The van der Waals surface area contributed by atoms with E-state index in [-0.39, 0.29) is 0 Å². The van der Waals surface area contributed by atoms with Gasteiger partial charge in [0.05, 0.1) is 0 Å². The number of carbonyl (C=O) groups is 1. The summed E-state index contributed by atoms with van der Waals surface area (Å²) in [6, 6.07) is 7.99. The molecule has 0 unspecified atom stereocenters. The highest BCUT2D eigenvalue weighted by Gasteiger charge is 2.13. The number of aldehydes is 1. The van der Waals surface area contributed by atoms with E-state index >= 15 is 0 Å². The maximum atomic E-state index is 10.9. The fourth-order valence-electron chi connectivity index (χ4n) is 2.79. The number of likely N-dealkylation sites (N-methyl/N-ethyl adjacent to an activating group) is 1. The van der Waals surface area contributed by atoms with Crippen LogP contribution in [-0.4, -0.2) is 60.4 Å². The molecule has 2 heterocycles. The van der Waals surface area contributed by atoms with Gasteiger partial charge < -0.3 is 9.47 Å². The lowest BCUT2D eigenvalue weighted by molar-refractivity contribution is 0.112. The Labute approximate surface area is 119 Å². The molecule has 2 aromatic rings. The van der Waals surface area contributed by atoms with E-state index in [1.807, 2.05) is 18.2 Å². The highest BCUT2D eigenvalue weighted by Crippen LogP contribution is 2.17. The first-order chi connectivity index (χ1) is 9.76. The van der Waals surface area contributed by atoms with Crippen LogP contribution in [0.1, 0.15) is 10.4 Å². The van der Waals surface area contributed by atoms with E-state index in [1.54, 1.807) is 0 Å². The molecule has 106 valence electrons. The van der Waals surface area contributed by atoms with Crippen molar-refractivity contribution in [1.29, 1.82) is 0 Å². The number of piperazine rings is 1. The molecule has 0 aliphatic carbocycles. The van der Waals surface area contributed by atoms with Gasteiger partial charge >= 0.3 is 0 Å². The predicted molar refractivity (Wildman–Crippen MR) is 81.3 cm³/mol. The molecule has 1 aliphatic heterocycles. The van der Waals surface area contributed by atoms with Crippen molar-refractivity contribution >= 4 is 17.2 Å². The van der Waals surface area contributed by atoms with Crippen LogP contribution >= 0.6 is 0 Å². The number of fused-ring (bicyclic) bond motifs is 1. The Hall–Kier alpha value is -1.65. The smallest absolute Gasteiger partial charge is 0.150 e. The molecule has 3 rings (SSSR count). The molecule has 0 N–H and O–H groups in total. The molecule has 1 aromatic heterocycles. The van der Waals surface area contributed by atoms with Gasteiger partial charge in [-0.2, -0.15) is 0 Å². The first-order valence-electron chi connectivity index (χ1n) is 7.21. The number of nitrogens with zero attached hydrogens (tertiary/aromatic N) is 3. The van der Waals surface area contributed by atoms with Crippen molar-refractivity contribution in [2.24, 2.45) is 0 Å². The highest BCUT2D eigenvalue weighted by atomic mass is 16.1. The van der Waals surface area contributed by atoms with Gasteiger partial charge in [0.1, 0.15) is 6.29 Å². The molecule has 1 aliphatic rings. The van der Waals surface area contributed by atoms with Crippen molar-refractivity contribution in [3.8, 4) is 0 Å². The second-order valence-corrected chi connectivity index (χ2v) is 5.59. The average Bonchev–Trinajstić information content (AvgIpc) is 2.89. The zero-order valence-electron chi connectivity index (χ0n) is 12.0. The van der Waals surface area contributed by atoms with Crippen LogP contribution in [0.3, 0.4) is 0 Å². The molecule has 0 spiro atoms. The molecule has 0 saturated carbocycles. The van der Waals surface area contributed by atoms with Crippen molar-refractivity contribution in [3.63, 3.8) is 0 Å². The van der Waals surface area contributed by atoms with Crippen LogP contribution in [0.15, 0.2) is 30.5 Å². The topological polar surface area (TPSA) is 28.5 Å². The number of rotatable bonds is 4. The molecule has 1 saturated heterocycles. The van der Waals surface area contributed by atoms with Crippen molar-refractivity contribution in [1.82, 2.24) is 14.4 Å². The van der Waals surface area contributed by atoms with Crippen molar-refractivity contribution < 1.29 is 4.79 Å². The number of hydrogen-bond donors (Lipinski definition) is 0. The van der Waals surface area contributed by atoms with Crippen LogP contribution in [-0.2, 0) is 6.54 Å². The second-order valence-electron chi connectivity index (χ2n) is 5.59. The Kier molecular flexibility index (Phi) is 3.85. The summed E-state index contributed by atoms with van der Waals surface area (Å²) < 4.78 is 2.25. The molecule has 0 amide bonds. The second kappa shape index (κ2) is 5.77. The van der Waals surface area contributed by atoms with Gasteiger partial charge in [-0.1, -0.05) is 12.1 Å². The maximum Gasteiger partial charge on any atom is 0.150 e. The van der Waals surface area contributed by atoms with Crippen LogP contribution in [0.4, 0.5) is 0 Å². The van der Waals surface area contributed by atoms with Gasteiger partial charge in [0, 0.05) is 56.5 Å². The molecule has 4 heteroatoms. The molecule has 0 bridgehead atoms. The van der Waals surface area contributed by atoms with E-state index in [0.717, 1.165) is 56.6 Å². The van der Waals surface area contributed by atoms with Crippen LogP contribution < -0.4 is 0 Å². The summed E-state index contributed by atoms with van der Waals surface area (Å²) in [6.07, 6.45) is 3.03. The van der Waals surface area contributed by atoms with Gasteiger partial charge in [-0.05, 0) is 24.6 Å². The van der Waals surface area contributed by atoms with Crippen LogP contribution in [0.25, 0.3) is 10.9 Å². The van der Waals surface area contributed by atoms with Gasteiger partial charge in [0.25, 0.3) is 0 Å². The molecule has 20 heavy (non-hydrogen) atoms. The standard InChI is InChI=1S/C16H21N3O/c1-17-6-8-18(9-7-17)10-11-19-5-4-15-3-2-14(13-20)12-16(15)19/h2-5,12-13H,6-11H2,1H3. The summed E-state index contributed by atoms with van der Waals surface area (Å²) in [5.41, 5.74) is 1.90. The molecule has 0 atom stereocenters. The normalized spacial score (nSPS) is 17.6. The summed E-state index contributed by atoms with van der Waals surface area (Å²) in [5.74, 6) is 0. The number of carbonyl (C=O) groups excluding carboxylic acids is 1. The molecule has 1 aromatic carbocycles. The summed E-state index contributed by atoms with van der Waals surface area (Å²) in [4.78, 5) is 15.8. The Morgan fingerprint density at radius 3 is 2.65 bits per heavy atom. The maximum absolute atomic E-state index is 10.9. The first-order valence-corrected chi connectivity index (χ1v) is 7.21. The number of aromatic nitrogens is 1. The summed E-state index contributed by atoms with van der Waals surface area (Å²) in [5, 5.41) is 1.20. The zero-order chi connectivity index (χ0) is 13.9. The minimum atomic E-state index is 0.747. The number of benzene rings is 1. The average molecular weight is 271 g/mol. The summed E-state index contributed by atoms with van der Waals surface area (Å²) >= 11 is 0. The van der Waals surface area contributed by atoms with Crippen LogP contribution in [0, 0.1) is 0 Å². The van der Waals surface area contributed by atoms with Gasteiger partial charge in [0.2, 0.25) is 0 Å². The monoisotopic (exact) mass is 271 g/mol. The van der Waals surface area contributed by atoms with E-state index in [1.165, 1.54) is 5.39 Å². The van der Waals surface area contributed by atoms with Crippen LogP contribution in [0.5, 0.6) is 0 Å². The lowest BCUT2D eigenvalue weighted by Crippen LogP contribution is -2.45. The van der Waals surface area contributed by atoms with Crippen molar-refractivity contribution in [3.05, 3.63) is 36.0 Å². The molecular weight excluding hydrogens is 250 g/mol. The Balaban J connectivity index is 1.69. The van der Waals surface area contributed by atoms with E-state index < -0.39 is 0 Å². The number of hydrogen-bond acceptors (Lipinski definition) is 3. The zero-order valence-corrected chi connectivity index (χ0v) is 12.0. The predicted octanol–water partition coefficient (Wildman–Crippen LogP) is 1.70. The highest BCUT2D eigenvalue weighted by molar-refractivity contribution is 5.87. The van der Waals surface area contributed by atoms with Gasteiger partial charge in [-0.15, -0.1) is 0 Å². The third kappa shape index (κ3) is 2.76. The van der Waals surface area contributed by atoms with Crippen LogP contribution in [0.2, 0.25) is 0 Å². The largest absolute Gasteiger partial charge is 0.346 e. The van der Waals surface area contributed by atoms with Crippen molar-refractivity contribution in [2.75, 3.05) is 39.8 Å².